The minimum Gasteiger partial charge on any atom is -0.261 e. The number of rotatable bonds is 5. The van der Waals surface area contributed by atoms with Crippen molar-refractivity contribution in [2.24, 2.45) is 11.8 Å². The van der Waals surface area contributed by atoms with Crippen LogP contribution in [-0.4, -0.2) is 12.0 Å². The lowest BCUT2D eigenvalue weighted by atomic mass is 9.75. The Morgan fingerprint density at radius 3 is 2.30 bits per heavy atom. The van der Waals surface area contributed by atoms with Gasteiger partial charge in [-0.3, -0.25) is 9.63 Å². The summed E-state index contributed by atoms with van der Waals surface area (Å²) in [5, 5.41) is 1.23. The molecule has 3 heteroatoms. The van der Waals surface area contributed by atoms with Crippen LogP contribution in [0.4, 0.5) is 5.69 Å². The Bertz CT molecular complexity index is 422. The van der Waals surface area contributed by atoms with Gasteiger partial charge in [-0.1, -0.05) is 38.0 Å². The summed E-state index contributed by atoms with van der Waals surface area (Å²) in [5.41, 5.74) is 0.368. The second-order valence-corrected chi connectivity index (χ2v) is 6.37. The molecule has 1 aliphatic rings. The third-order valence-corrected chi connectivity index (χ3v) is 4.40. The molecule has 0 bridgehead atoms. The van der Waals surface area contributed by atoms with E-state index in [0.29, 0.717) is 5.92 Å². The lowest BCUT2D eigenvalue weighted by molar-refractivity contribution is -0.0705. The predicted octanol–water partition coefficient (Wildman–Crippen LogP) is 4.10. The van der Waals surface area contributed by atoms with E-state index < -0.39 is 0 Å². The van der Waals surface area contributed by atoms with Gasteiger partial charge in [-0.15, -0.1) is 0 Å². The van der Waals surface area contributed by atoms with Gasteiger partial charge < -0.3 is 0 Å². The number of amides is 1. The average Bonchev–Trinajstić information content (AvgIpc) is 2.46. The van der Waals surface area contributed by atoms with Crippen LogP contribution in [0.3, 0.4) is 0 Å². The SMILES string of the molecule is CC1CCC(C(C)(C)ON([C]=O)c2ccccc2)CC1. The minimum atomic E-state index is -0.354. The maximum absolute atomic E-state index is 11.2. The summed E-state index contributed by atoms with van der Waals surface area (Å²) < 4.78 is 0. The smallest absolute Gasteiger partial charge is 0.261 e. The molecule has 109 valence electrons. The quantitative estimate of drug-likeness (QED) is 0.597. The second kappa shape index (κ2) is 6.40. The first kappa shape index (κ1) is 15.0. The summed E-state index contributed by atoms with van der Waals surface area (Å²) in [6, 6.07) is 9.39. The molecule has 2 rings (SSSR count). The maximum atomic E-state index is 11.2. The van der Waals surface area contributed by atoms with Crippen LogP contribution >= 0.6 is 0 Å². The molecule has 0 unspecified atom stereocenters. The molecule has 1 fully saturated rings. The van der Waals surface area contributed by atoms with E-state index >= 15 is 0 Å². The largest absolute Gasteiger partial charge is 0.343 e. The number of benzene rings is 1. The number of hydrogen-bond donors (Lipinski definition) is 0. The van der Waals surface area contributed by atoms with Crippen molar-refractivity contribution in [3.8, 4) is 0 Å². The van der Waals surface area contributed by atoms with Gasteiger partial charge in [-0.25, -0.2) is 0 Å². The third kappa shape index (κ3) is 3.60. The highest BCUT2D eigenvalue weighted by molar-refractivity contribution is 5.72. The Kier molecular flexibility index (Phi) is 4.81. The standard InChI is InChI=1S/C17H24NO2/c1-14-9-11-15(12-10-14)17(2,3)20-18(13-19)16-7-5-4-6-8-16/h4-8,14-15H,9-12H2,1-3H3. The van der Waals surface area contributed by atoms with Crippen LogP contribution in [0.2, 0.25) is 0 Å². The zero-order valence-electron chi connectivity index (χ0n) is 12.6. The highest BCUT2D eigenvalue weighted by Crippen LogP contribution is 2.37. The van der Waals surface area contributed by atoms with Gasteiger partial charge in [-0.2, -0.15) is 5.06 Å². The van der Waals surface area contributed by atoms with Crippen molar-refractivity contribution in [1.82, 2.24) is 0 Å². The predicted molar refractivity (Wildman–Crippen MR) is 80.9 cm³/mol. The van der Waals surface area contributed by atoms with Crippen LogP contribution in [0.15, 0.2) is 30.3 Å². The zero-order valence-corrected chi connectivity index (χ0v) is 12.6. The summed E-state index contributed by atoms with van der Waals surface area (Å²) in [5.74, 6) is 1.29. The number of anilines is 1. The van der Waals surface area contributed by atoms with Gasteiger partial charge in [0.05, 0.1) is 11.3 Å². The van der Waals surface area contributed by atoms with Gasteiger partial charge in [0.2, 0.25) is 0 Å². The molecule has 1 radical (unpaired) electrons. The normalized spacial score (nSPS) is 23.4. The highest BCUT2D eigenvalue weighted by Gasteiger charge is 2.35. The number of nitrogens with zero attached hydrogens (tertiary/aromatic N) is 1. The van der Waals surface area contributed by atoms with Crippen LogP contribution < -0.4 is 5.06 Å². The van der Waals surface area contributed by atoms with Crippen LogP contribution in [0.25, 0.3) is 0 Å². The van der Waals surface area contributed by atoms with Gasteiger partial charge in [0.15, 0.2) is 0 Å². The van der Waals surface area contributed by atoms with Crippen LogP contribution in [-0.2, 0) is 9.63 Å². The van der Waals surface area contributed by atoms with Crippen molar-refractivity contribution in [2.75, 3.05) is 5.06 Å². The number of para-hydroxylation sites is 1. The monoisotopic (exact) mass is 274 g/mol. The molecule has 0 N–H and O–H groups in total. The van der Waals surface area contributed by atoms with Crippen molar-refractivity contribution in [2.45, 2.75) is 52.1 Å². The van der Waals surface area contributed by atoms with Crippen molar-refractivity contribution in [1.29, 1.82) is 0 Å². The Morgan fingerprint density at radius 2 is 1.75 bits per heavy atom. The molecule has 0 atom stereocenters. The van der Waals surface area contributed by atoms with Gasteiger partial charge in [-0.05, 0) is 50.7 Å². The molecule has 0 spiro atoms. The van der Waals surface area contributed by atoms with Crippen LogP contribution in [0.1, 0.15) is 46.5 Å². The highest BCUT2D eigenvalue weighted by atomic mass is 16.7. The van der Waals surface area contributed by atoms with E-state index in [1.54, 1.807) is 0 Å². The van der Waals surface area contributed by atoms with Crippen molar-refractivity contribution < 1.29 is 9.63 Å². The summed E-state index contributed by atoms with van der Waals surface area (Å²) in [7, 11) is 0. The fraction of sp³-hybridized carbons (Fsp3) is 0.588. The zero-order chi connectivity index (χ0) is 14.6. The van der Waals surface area contributed by atoms with E-state index in [1.165, 1.54) is 17.9 Å². The number of hydroxylamine groups is 1. The summed E-state index contributed by atoms with van der Waals surface area (Å²) >= 11 is 0. The van der Waals surface area contributed by atoms with Gasteiger partial charge in [0.25, 0.3) is 0 Å². The Hall–Kier alpha value is -1.35. The van der Waals surface area contributed by atoms with Crippen LogP contribution in [0, 0.1) is 11.8 Å². The van der Waals surface area contributed by atoms with E-state index in [9.17, 15) is 4.79 Å². The Morgan fingerprint density at radius 1 is 1.15 bits per heavy atom. The topological polar surface area (TPSA) is 29.5 Å². The Labute approximate surface area is 121 Å². The molecular formula is C17H24NO2. The van der Waals surface area contributed by atoms with Gasteiger partial charge >= 0.3 is 6.41 Å². The second-order valence-electron chi connectivity index (χ2n) is 6.37. The molecule has 1 aromatic carbocycles. The molecule has 0 aliphatic heterocycles. The minimum absolute atomic E-state index is 0.354. The summed E-state index contributed by atoms with van der Waals surface area (Å²) in [6.45, 7) is 6.45. The molecular weight excluding hydrogens is 250 g/mol. The molecule has 0 saturated heterocycles. The van der Waals surface area contributed by atoms with Gasteiger partial charge in [0.1, 0.15) is 0 Å². The molecule has 1 aromatic rings. The van der Waals surface area contributed by atoms with E-state index in [4.69, 9.17) is 4.84 Å². The first-order valence-corrected chi connectivity index (χ1v) is 7.45. The lowest BCUT2D eigenvalue weighted by Gasteiger charge is -2.39. The fourth-order valence-electron chi connectivity index (χ4n) is 2.95. The van der Waals surface area contributed by atoms with E-state index in [2.05, 4.69) is 20.8 Å². The Balaban J connectivity index is 2.04. The van der Waals surface area contributed by atoms with E-state index in [0.717, 1.165) is 24.4 Å². The lowest BCUT2D eigenvalue weighted by Crippen LogP contribution is -2.42. The number of hydrogen-bond acceptors (Lipinski definition) is 2. The van der Waals surface area contributed by atoms with Crippen molar-refractivity contribution >= 4 is 12.1 Å². The molecule has 1 aliphatic carbocycles. The summed E-state index contributed by atoms with van der Waals surface area (Å²) in [6.07, 6.45) is 6.70. The summed E-state index contributed by atoms with van der Waals surface area (Å²) in [4.78, 5) is 17.2. The average molecular weight is 274 g/mol. The fourth-order valence-corrected chi connectivity index (χ4v) is 2.95. The first-order chi connectivity index (χ1) is 9.53. The molecule has 20 heavy (non-hydrogen) atoms. The molecule has 1 saturated carbocycles. The third-order valence-electron chi connectivity index (χ3n) is 4.40. The molecule has 1 amide bonds. The van der Waals surface area contributed by atoms with Gasteiger partial charge in [0, 0.05) is 0 Å². The molecule has 0 heterocycles. The van der Waals surface area contributed by atoms with Crippen molar-refractivity contribution in [3.63, 3.8) is 0 Å². The van der Waals surface area contributed by atoms with Crippen molar-refractivity contribution in [3.05, 3.63) is 30.3 Å². The van der Waals surface area contributed by atoms with E-state index in [1.807, 2.05) is 36.7 Å². The van der Waals surface area contributed by atoms with E-state index in [-0.39, 0.29) is 5.60 Å². The molecule has 3 nitrogen and oxygen atoms in total. The number of carbonyl (C=O) groups excluding carboxylic acids is 1. The van der Waals surface area contributed by atoms with Crippen LogP contribution in [0.5, 0.6) is 0 Å². The molecule has 0 aromatic heterocycles. The first-order valence-electron chi connectivity index (χ1n) is 7.45. The maximum Gasteiger partial charge on any atom is 0.343 e.